The van der Waals surface area contributed by atoms with Crippen LogP contribution in [0.1, 0.15) is 19.8 Å². The Hall–Kier alpha value is -0.170. The first-order chi connectivity index (χ1) is 7.39. The number of hydrogen-bond acceptors (Lipinski definition) is 4. The lowest BCUT2D eigenvalue weighted by Crippen LogP contribution is -2.43. The molecule has 6 heteroatoms. The molecule has 0 aromatic carbocycles. The third-order valence-corrected chi connectivity index (χ3v) is 4.09. The number of piperidine rings is 1. The molecule has 2 unspecified atom stereocenters. The van der Waals surface area contributed by atoms with E-state index in [1.54, 1.807) is 11.2 Å². The fourth-order valence-corrected chi connectivity index (χ4v) is 2.93. The van der Waals surface area contributed by atoms with Gasteiger partial charge in [-0.3, -0.25) is 0 Å². The molecule has 0 saturated carbocycles. The van der Waals surface area contributed by atoms with Crippen molar-refractivity contribution in [2.24, 2.45) is 5.92 Å². The maximum Gasteiger partial charge on any atom is 0.211 e. The van der Waals surface area contributed by atoms with Gasteiger partial charge in [0.25, 0.3) is 0 Å². The van der Waals surface area contributed by atoms with E-state index in [-0.39, 0.29) is 6.10 Å². The van der Waals surface area contributed by atoms with E-state index in [1.165, 1.54) is 6.26 Å². The number of aliphatic hydroxyl groups excluding tert-OH is 1. The highest BCUT2D eigenvalue weighted by Gasteiger charge is 2.25. The van der Waals surface area contributed by atoms with E-state index < -0.39 is 10.0 Å². The van der Waals surface area contributed by atoms with Crippen LogP contribution in [0.3, 0.4) is 0 Å². The van der Waals surface area contributed by atoms with E-state index in [0.29, 0.717) is 25.6 Å². The SMILES string of the molecule is CC(O)CNCC1CCCN(S(C)(=O)=O)C1. The van der Waals surface area contributed by atoms with Crippen molar-refractivity contribution in [2.45, 2.75) is 25.9 Å². The summed E-state index contributed by atoms with van der Waals surface area (Å²) in [5.74, 6) is 0.363. The molecule has 2 N–H and O–H groups in total. The summed E-state index contributed by atoms with van der Waals surface area (Å²) < 4.78 is 24.3. The van der Waals surface area contributed by atoms with Gasteiger partial charge in [0.1, 0.15) is 0 Å². The Morgan fingerprint density at radius 1 is 1.56 bits per heavy atom. The molecule has 0 radical (unpaired) electrons. The van der Waals surface area contributed by atoms with Gasteiger partial charge in [-0.05, 0) is 32.2 Å². The van der Waals surface area contributed by atoms with Crippen LogP contribution < -0.4 is 5.32 Å². The Balaban J connectivity index is 2.34. The molecule has 0 aromatic rings. The van der Waals surface area contributed by atoms with Gasteiger partial charge in [0.05, 0.1) is 12.4 Å². The molecular weight excluding hydrogens is 228 g/mol. The van der Waals surface area contributed by atoms with E-state index in [4.69, 9.17) is 5.11 Å². The molecule has 0 amide bonds. The molecule has 2 atom stereocenters. The maximum absolute atomic E-state index is 11.4. The van der Waals surface area contributed by atoms with E-state index in [0.717, 1.165) is 19.4 Å². The summed E-state index contributed by atoms with van der Waals surface area (Å²) in [6, 6.07) is 0. The molecule has 1 heterocycles. The van der Waals surface area contributed by atoms with Gasteiger partial charge >= 0.3 is 0 Å². The van der Waals surface area contributed by atoms with Crippen molar-refractivity contribution >= 4 is 10.0 Å². The van der Waals surface area contributed by atoms with Crippen LogP contribution in [0.4, 0.5) is 0 Å². The highest BCUT2D eigenvalue weighted by Crippen LogP contribution is 2.17. The molecule has 1 saturated heterocycles. The van der Waals surface area contributed by atoms with Gasteiger partial charge in [-0.1, -0.05) is 0 Å². The first-order valence-corrected chi connectivity index (χ1v) is 7.58. The van der Waals surface area contributed by atoms with Gasteiger partial charge < -0.3 is 10.4 Å². The third kappa shape index (κ3) is 4.78. The van der Waals surface area contributed by atoms with Gasteiger partial charge in [-0.25, -0.2) is 12.7 Å². The topological polar surface area (TPSA) is 69.6 Å². The largest absolute Gasteiger partial charge is 0.392 e. The van der Waals surface area contributed by atoms with Crippen LogP contribution in [0.25, 0.3) is 0 Å². The lowest BCUT2D eigenvalue weighted by Gasteiger charge is -2.31. The lowest BCUT2D eigenvalue weighted by atomic mass is 10.00. The predicted molar refractivity (Wildman–Crippen MR) is 63.7 cm³/mol. The van der Waals surface area contributed by atoms with Crippen LogP contribution in [0, 0.1) is 5.92 Å². The zero-order valence-electron chi connectivity index (χ0n) is 10.0. The van der Waals surface area contributed by atoms with Crippen molar-refractivity contribution in [1.29, 1.82) is 0 Å². The van der Waals surface area contributed by atoms with Crippen LogP contribution in [0.5, 0.6) is 0 Å². The Morgan fingerprint density at radius 2 is 2.25 bits per heavy atom. The number of hydrogen-bond donors (Lipinski definition) is 2. The molecule has 1 rings (SSSR count). The van der Waals surface area contributed by atoms with E-state index in [1.807, 2.05) is 0 Å². The molecular formula is C10H22N2O3S. The number of rotatable bonds is 5. The molecule has 96 valence electrons. The molecule has 0 aliphatic carbocycles. The molecule has 5 nitrogen and oxygen atoms in total. The molecule has 1 aliphatic rings. The average Bonchev–Trinajstić information content (AvgIpc) is 2.16. The molecule has 0 aromatic heterocycles. The lowest BCUT2D eigenvalue weighted by molar-refractivity contribution is 0.184. The molecule has 16 heavy (non-hydrogen) atoms. The average molecular weight is 250 g/mol. The third-order valence-electron chi connectivity index (χ3n) is 2.82. The van der Waals surface area contributed by atoms with E-state index >= 15 is 0 Å². The summed E-state index contributed by atoms with van der Waals surface area (Å²) in [5, 5.41) is 12.2. The summed E-state index contributed by atoms with van der Waals surface area (Å²) in [7, 11) is -3.04. The zero-order valence-corrected chi connectivity index (χ0v) is 10.8. The van der Waals surface area contributed by atoms with Crippen molar-refractivity contribution in [1.82, 2.24) is 9.62 Å². The van der Waals surface area contributed by atoms with Crippen molar-refractivity contribution in [3.63, 3.8) is 0 Å². The van der Waals surface area contributed by atoms with Gasteiger partial charge in [0.15, 0.2) is 0 Å². The van der Waals surface area contributed by atoms with Crippen LogP contribution in [-0.4, -0.2) is 56.4 Å². The van der Waals surface area contributed by atoms with Crippen molar-refractivity contribution in [2.75, 3.05) is 32.4 Å². The highest BCUT2D eigenvalue weighted by atomic mass is 32.2. The van der Waals surface area contributed by atoms with E-state index in [2.05, 4.69) is 5.32 Å². The summed E-state index contributed by atoms with van der Waals surface area (Å²) in [5.41, 5.74) is 0. The molecule has 0 bridgehead atoms. The Bertz CT molecular complexity index is 303. The quantitative estimate of drug-likeness (QED) is 0.698. The smallest absolute Gasteiger partial charge is 0.211 e. The molecule has 1 fully saturated rings. The van der Waals surface area contributed by atoms with Crippen LogP contribution in [0.15, 0.2) is 0 Å². The minimum absolute atomic E-state index is 0.352. The number of sulfonamides is 1. The Labute approximate surface area is 97.9 Å². The second kappa shape index (κ2) is 5.95. The first kappa shape index (κ1) is 13.9. The second-order valence-corrected chi connectivity index (χ2v) is 6.62. The van der Waals surface area contributed by atoms with Crippen LogP contribution in [-0.2, 0) is 10.0 Å². The van der Waals surface area contributed by atoms with Crippen molar-refractivity contribution < 1.29 is 13.5 Å². The van der Waals surface area contributed by atoms with Gasteiger partial charge in [0.2, 0.25) is 10.0 Å². The van der Waals surface area contributed by atoms with Crippen molar-refractivity contribution in [3.8, 4) is 0 Å². The second-order valence-electron chi connectivity index (χ2n) is 4.64. The first-order valence-electron chi connectivity index (χ1n) is 5.73. The van der Waals surface area contributed by atoms with Crippen molar-refractivity contribution in [3.05, 3.63) is 0 Å². The van der Waals surface area contributed by atoms with Crippen LogP contribution in [0.2, 0.25) is 0 Å². The maximum atomic E-state index is 11.4. The minimum Gasteiger partial charge on any atom is -0.392 e. The number of aliphatic hydroxyl groups is 1. The number of nitrogens with one attached hydrogen (secondary N) is 1. The molecule has 0 spiro atoms. The zero-order chi connectivity index (χ0) is 12.2. The predicted octanol–water partition coefficient (Wildman–Crippen LogP) is -0.372. The highest BCUT2D eigenvalue weighted by molar-refractivity contribution is 7.88. The summed E-state index contributed by atoms with van der Waals surface area (Å²) in [6.45, 7) is 4.32. The minimum atomic E-state index is -3.04. The molecule has 1 aliphatic heterocycles. The number of nitrogens with zero attached hydrogens (tertiary/aromatic N) is 1. The van der Waals surface area contributed by atoms with Gasteiger partial charge in [-0.15, -0.1) is 0 Å². The van der Waals surface area contributed by atoms with Crippen LogP contribution >= 0.6 is 0 Å². The standard InChI is InChI=1S/C10H22N2O3S/c1-9(13)6-11-7-10-4-3-5-12(8-10)16(2,14)15/h9-11,13H,3-8H2,1-2H3. The summed E-state index contributed by atoms with van der Waals surface area (Å²) in [6.07, 6.45) is 2.89. The fourth-order valence-electron chi connectivity index (χ4n) is 1.99. The summed E-state index contributed by atoms with van der Waals surface area (Å²) >= 11 is 0. The van der Waals surface area contributed by atoms with Gasteiger partial charge in [0, 0.05) is 19.6 Å². The fraction of sp³-hybridized carbons (Fsp3) is 1.00. The Morgan fingerprint density at radius 3 is 2.81 bits per heavy atom. The van der Waals surface area contributed by atoms with E-state index in [9.17, 15) is 8.42 Å². The Kier molecular flexibility index (Phi) is 5.17. The van der Waals surface area contributed by atoms with Gasteiger partial charge in [-0.2, -0.15) is 0 Å². The monoisotopic (exact) mass is 250 g/mol. The normalized spacial score (nSPS) is 25.6. The summed E-state index contributed by atoms with van der Waals surface area (Å²) in [4.78, 5) is 0.